The molecule has 0 spiro atoms. The zero-order valence-electron chi connectivity index (χ0n) is 10.2. The normalized spacial score (nSPS) is 10.2. The second-order valence-corrected chi connectivity index (χ2v) is 5.27. The Morgan fingerprint density at radius 3 is 2.52 bits per heavy atom. The van der Waals surface area contributed by atoms with E-state index in [0.717, 1.165) is 0 Å². The molecule has 2 rings (SSSR count). The van der Waals surface area contributed by atoms with Crippen molar-refractivity contribution in [1.82, 2.24) is 0 Å². The van der Waals surface area contributed by atoms with Crippen LogP contribution in [0.2, 0.25) is 5.02 Å². The van der Waals surface area contributed by atoms with Crippen LogP contribution >= 0.6 is 27.5 Å². The molecule has 0 heterocycles. The van der Waals surface area contributed by atoms with Crippen LogP contribution in [-0.2, 0) is 0 Å². The van der Waals surface area contributed by atoms with E-state index in [9.17, 15) is 14.9 Å². The van der Waals surface area contributed by atoms with Crippen LogP contribution in [0.25, 0.3) is 0 Å². The molecule has 2 aromatic rings. The van der Waals surface area contributed by atoms with Gasteiger partial charge in [0.25, 0.3) is 0 Å². The molecule has 0 fully saturated rings. The van der Waals surface area contributed by atoms with Gasteiger partial charge in [0.05, 0.1) is 4.92 Å². The Balaban J connectivity index is 2.48. The number of benzene rings is 2. The summed E-state index contributed by atoms with van der Waals surface area (Å²) in [4.78, 5) is 21.5. The van der Waals surface area contributed by atoms with Gasteiger partial charge in [-0.05, 0) is 30.3 Å². The van der Waals surface area contributed by atoms with Crippen molar-refractivity contribution in [1.29, 1.82) is 0 Å². The Bertz CT molecular complexity index is 673. The van der Waals surface area contributed by atoms with Gasteiger partial charge in [-0.1, -0.05) is 27.5 Å². The number of carboxylic acids is 1. The molecule has 0 saturated carbocycles. The first-order chi connectivity index (χ1) is 9.88. The summed E-state index contributed by atoms with van der Waals surface area (Å²) in [6.45, 7) is 0. The lowest BCUT2D eigenvalue weighted by Gasteiger charge is -2.09. The molecule has 0 aliphatic rings. The smallest absolute Gasteiger partial charge is 0.339 e. The van der Waals surface area contributed by atoms with Gasteiger partial charge in [0, 0.05) is 15.6 Å². The summed E-state index contributed by atoms with van der Waals surface area (Å²) >= 11 is 8.86. The van der Waals surface area contributed by atoms with Crippen molar-refractivity contribution in [3.05, 3.63) is 61.6 Å². The lowest BCUT2D eigenvalue weighted by Crippen LogP contribution is -2.01. The predicted molar refractivity (Wildman–Crippen MR) is 79.3 cm³/mol. The molecule has 21 heavy (non-hydrogen) atoms. The first kappa shape index (κ1) is 15.3. The standard InChI is InChI=1S/C13H7BrClNO5/c14-7-1-3-12(10(5-7)16(19)20)21-11-4-2-8(15)6-9(11)13(17)18/h1-6H,(H,17,18). The van der Waals surface area contributed by atoms with E-state index >= 15 is 0 Å². The highest BCUT2D eigenvalue weighted by molar-refractivity contribution is 9.10. The molecular formula is C13H7BrClNO5. The Kier molecular flexibility index (Phi) is 4.44. The largest absolute Gasteiger partial charge is 0.478 e. The number of carbonyl (C=O) groups is 1. The van der Waals surface area contributed by atoms with Crippen LogP contribution in [0.4, 0.5) is 5.69 Å². The number of halogens is 2. The van der Waals surface area contributed by atoms with E-state index in [1.54, 1.807) is 6.07 Å². The number of hydrogen-bond acceptors (Lipinski definition) is 4. The molecule has 8 heteroatoms. The van der Waals surface area contributed by atoms with Crippen molar-refractivity contribution in [3.8, 4) is 11.5 Å². The van der Waals surface area contributed by atoms with Crippen molar-refractivity contribution in [2.75, 3.05) is 0 Å². The second kappa shape index (κ2) is 6.11. The fourth-order valence-electron chi connectivity index (χ4n) is 1.60. The zero-order valence-corrected chi connectivity index (χ0v) is 12.6. The molecule has 0 unspecified atom stereocenters. The van der Waals surface area contributed by atoms with Crippen molar-refractivity contribution in [2.24, 2.45) is 0 Å². The van der Waals surface area contributed by atoms with Gasteiger partial charge in [0.1, 0.15) is 11.3 Å². The quantitative estimate of drug-likeness (QED) is 0.630. The fraction of sp³-hybridized carbons (Fsp3) is 0. The highest BCUT2D eigenvalue weighted by Gasteiger charge is 2.19. The zero-order chi connectivity index (χ0) is 15.6. The first-order valence-corrected chi connectivity index (χ1v) is 6.70. The molecule has 108 valence electrons. The van der Waals surface area contributed by atoms with E-state index in [1.165, 1.54) is 30.3 Å². The molecule has 0 amide bonds. The van der Waals surface area contributed by atoms with Crippen molar-refractivity contribution < 1.29 is 19.6 Å². The van der Waals surface area contributed by atoms with Crippen LogP contribution in [0.1, 0.15) is 10.4 Å². The molecule has 0 aliphatic heterocycles. The Morgan fingerprint density at radius 1 is 1.24 bits per heavy atom. The minimum Gasteiger partial charge on any atom is -0.478 e. The highest BCUT2D eigenvalue weighted by atomic mass is 79.9. The predicted octanol–water partition coefficient (Wildman–Crippen LogP) is 4.50. The summed E-state index contributed by atoms with van der Waals surface area (Å²) in [5.74, 6) is -1.34. The van der Waals surface area contributed by atoms with Gasteiger partial charge in [0.2, 0.25) is 5.75 Å². The third-order valence-electron chi connectivity index (χ3n) is 2.51. The highest BCUT2D eigenvalue weighted by Crippen LogP contribution is 2.35. The molecule has 0 radical (unpaired) electrons. The molecule has 0 saturated heterocycles. The first-order valence-electron chi connectivity index (χ1n) is 5.53. The molecule has 2 aromatic carbocycles. The third-order valence-corrected chi connectivity index (χ3v) is 3.24. The molecule has 0 aliphatic carbocycles. The topological polar surface area (TPSA) is 89.7 Å². The van der Waals surface area contributed by atoms with Crippen LogP contribution < -0.4 is 4.74 Å². The summed E-state index contributed by atoms with van der Waals surface area (Å²) in [5.41, 5.74) is -0.463. The number of nitrogens with zero attached hydrogens (tertiary/aromatic N) is 1. The Morgan fingerprint density at radius 2 is 1.90 bits per heavy atom. The minimum absolute atomic E-state index is 0.0303. The van der Waals surface area contributed by atoms with E-state index in [2.05, 4.69) is 15.9 Å². The summed E-state index contributed by atoms with van der Waals surface area (Å²) in [7, 11) is 0. The average Bonchev–Trinajstić information content (AvgIpc) is 2.42. The number of nitro groups is 1. The van der Waals surface area contributed by atoms with Gasteiger partial charge < -0.3 is 9.84 Å². The lowest BCUT2D eigenvalue weighted by atomic mass is 10.2. The van der Waals surface area contributed by atoms with Crippen LogP contribution in [0, 0.1) is 10.1 Å². The molecule has 0 bridgehead atoms. The SMILES string of the molecule is O=C(O)c1cc(Cl)ccc1Oc1ccc(Br)cc1[N+](=O)[O-]. The number of rotatable bonds is 4. The van der Waals surface area contributed by atoms with E-state index in [0.29, 0.717) is 4.47 Å². The molecule has 0 atom stereocenters. The third kappa shape index (κ3) is 3.50. The number of hydrogen-bond donors (Lipinski definition) is 1. The average molecular weight is 373 g/mol. The van der Waals surface area contributed by atoms with E-state index in [-0.39, 0.29) is 27.8 Å². The van der Waals surface area contributed by atoms with Crippen molar-refractivity contribution >= 4 is 39.2 Å². The molecule has 1 N–H and O–H groups in total. The number of ether oxygens (including phenoxy) is 1. The monoisotopic (exact) mass is 371 g/mol. The van der Waals surface area contributed by atoms with Gasteiger partial charge >= 0.3 is 11.7 Å². The van der Waals surface area contributed by atoms with Gasteiger partial charge in [-0.25, -0.2) is 4.79 Å². The van der Waals surface area contributed by atoms with Gasteiger partial charge in [-0.3, -0.25) is 10.1 Å². The maximum Gasteiger partial charge on any atom is 0.339 e. The van der Waals surface area contributed by atoms with Crippen molar-refractivity contribution in [3.63, 3.8) is 0 Å². The maximum atomic E-state index is 11.2. The Labute approximate surface area is 132 Å². The number of aromatic carboxylic acids is 1. The van der Waals surface area contributed by atoms with Crippen LogP contribution in [-0.4, -0.2) is 16.0 Å². The molecule has 0 aromatic heterocycles. The van der Waals surface area contributed by atoms with E-state index < -0.39 is 10.9 Å². The molecular weight excluding hydrogens is 366 g/mol. The van der Waals surface area contributed by atoms with E-state index in [4.69, 9.17) is 21.4 Å². The van der Waals surface area contributed by atoms with Crippen LogP contribution in [0.15, 0.2) is 40.9 Å². The second-order valence-electron chi connectivity index (χ2n) is 3.92. The van der Waals surface area contributed by atoms with Crippen LogP contribution in [0.5, 0.6) is 11.5 Å². The van der Waals surface area contributed by atoms with Crippen LogP contribution in [0.3, 0.4) is 0 Å². The summed E-state index contributed by atoms with van der Waals surface area (Å²) in [6, 6.07) is 8.20. The van der Waals surface area contributed by atoms with Crippen molar-refractivity contribution in [2.45, 2.75) is 0 Å². The van der Waals surface area contributed by atoms with Gasteiger partial charge in [-0.2, -0.15) is 0 Å². The van der Waals surface area contributed by atoms with E-state index in [1.807, 2.05) is 0 Å². The number of nitro benzene ring substituents is 1. The maximum absolute atomic E-state index is 11.2. The lowest BCUT2D eigenvalue weighted by molar-refractivity contribution is -0.385. The van der Waals surface area contributed by atoms with Gasteiger partial charge in [0.15, 0.2) is 0 Å². The Hall–Kier alpha value is -2.12. The summed E-state index contributed by atoms with van der Waals surface area (Å²) in [5, 5.41) is 20.3. The minimum atomic E-state index is -1.24. The molecule has 6 nitrogen and oxygen atoms in total. The fourth-order valence-corrected chi connectivity index (χ4v) is 2.12. The number of carboxylic acid groups (broad SMARTS) is 1. The summed E-state index contributed by atoms with van der Waals surface area (Å²) in [6.07, 6.45) is 0. The van der Waals surface area contributed by atoms with Gasteiger partial charge in [-0.15, -0.1) is 0 Å². The summed E-state index contributed by atoms with van der Waals surface area (Å²) < 4.78 is 5.88.